The zero-order chi connectivity index (χ0) is 25.5. The highest BCUT2D eigenvalue weighted by atomic mass is 79.9. The first-order valence-corrected chi connectivity index (χ1v) is 15.0. The molecule has 7 nitrogen and oxygen atoms in total. The van der Waals surface area contributed by atoms with E-state index < -0.39 is 0 Å². The van der Waals surface area contributed by atoms with Crippen molar-refractivity contribution in [3.05, 3.63) is 61.2 Å². The fraction of sp³-hybridized carbons (Fsp3) is 0.462. The predicted molar refractivity (Wildman–Crippen MR) is 151 cm³/mol. The number of aromatic amines is 1. The van der Waals surface area contributed by atoms with Gasteiger partial charge in [0.15, 0.2) is 11.0 Å². The molecule has 0 aliphatic carbocycles. The van der Waals surface area contributed by atoms with Crippen LogP contribution in [0.15, 0.2) is 38.7 Å². The van der Waals surface area contributed by atoms with Crippen LogP contribution < -0.4 is 10.3 Å². The Balaban J connectivity index is 1.47. The Kier molecular flexibility index (Phi) is 9.61. The molecule has 0 spiro atoms. The zero-order valence-corrected chi connectivity index (χ0v) is 24.2. The Bertz CT molecular complexity index is 1350. The SMILES string of the molecule is CCCCCCCCn1c(COc2ccc(Br)cc2)nnc1SCc1nc2sc(C)c(C)c2c(=O)[nH]1. The van der Waals surface area contributed by atoms with E-state index in [1.165, 1.54) is 32.1 Å². The first-order chi connectivity index (χ1) is 17.5. The number of ether oxygens (including phenoxy) is 1. The van der Waals surface area contributed by atoms with Gasteiger partial charge in [0, 0.05) is 15.9 Å². The third-order valence-corrected chi connectivity index (χ3v) is 8.74. The number of H-pyrrole nitrogens is 1. The molecule has 0 unspecified atom stereocenters. The largest absolute Gasteiger partial charge is 0.486 e. The molecule has 0 saturated carbocycles. The molecule has 4 aromatic rings. The Morgan fingerprint density at radius 2 is 1.83 bits per heavy atom. The van der Waals surface area contributed by atoms with Gasteiger partial charge in [-0.25, -0.2) is 4.98 Å². The average Bonchev–Trinajstić information content (AvgIpc) is 3.39. The lowest BCUT2D eigenvalue weighted by Crippen LogP contribution is -2.11. The van der Waals surface area contributed by atoms with Crippen molar-refractivity contribution in [2.24, 2.45) is 0 Å². The number of nitrogens with zero attached hydrogens (tertiary/aromatic N) is 4. The summed E-state index contributed by atoms with van der Waals surface area (Å²) in [5.41, 5.74) is 0.937. The van der Waals surface area contributed by atoms with Crippen LogP contribution in [0.25, 0.3) is 10.2 Å². The summed E-state index contributed by atoms with van der Waals surface area (Å²) in [4.78, 5) is 22.2. The van der Waals surface area contributed by atoms with Gasteiger partial charge in [-0.1, -0.05) is 66.7 Å². The summed E-state index contributed by atoms with van der Waals surface area (Å²) in [5, 5.41) is 10.4. The van der Waals surface area contributed by atoms with Crippen molar-refractivity contribution >= 4 is 49.2 Å². The third-order valence-electron chi connectivity index (χ3n) is 6.14. The minimum Gasteiger partial charge on any atom is -0.486 e. The number of rotatable bonds is 13. The van der Waals surface area contributed by atoms with Crippen LogP contribution in [0.5, 0.6) is 5.75 Å². The summed E-state index contributed by atoms with van der Waals surface area (Å²) in [7, 11) is 0. The van der Waals surface area contributed by atoms with Gasteiger partial charge in [0.1, 0.15) is 23.0 Å². The smallest absolute Gasteiger partial charge is 0.259 e. The molecule has 3 heterocycles. The quantitative estimate of drug-likeness (QED) is 0.131. The Morgan fingerprint density at radius 3 is 2.61 bits per heavy atom. The molecule has 0 radical (unpaired) electrons. The summed E-state index contributed by atoms with van der Waals surface area (Å²) in [5.74, 6) is 2.76. The summed E-state index contributed by atoms with van der Waals surface area (Å²) in [6, 6.07) is 7.78. The monoisotopic (exact) mass is 589 g/mol. The Labute approximate surface area is 228 Å². The second-order valence-corrected chi connectivity index (χ2v) is 11.9. The minimum atomic E-state index is -0.0745. The molecule has 10 heteroatoms. The number of halogens is 1. The molecule has 0 atom stereocenters. The highest BCUT2D eigenvalue weighted by Gasteiger charge is 2.16. The fourth-order valence-electron chi connectivity index (χ4n) is 3.99. The van der Waals surface area contributed by atoms with Crippen molar-refractivity contribution in [2.45, 2.75) is 83.4 Å². The number of nitrogens with one attached hydrogen (secondary N) is 1. The molecule has 0 bridgehead atoms. The van der Waals surface area contributed by atoms with Crippen LogP contribution in [0.4, 0.5) is 0 Å². The van der Waals surface area contributed by atoms with Crippen LogP contribution in [0.1, 0.15) is 67.5 Å². The molecule has 0 aliphatic heterocycles. The molecule has 36 heavy (non-hydrogen) atoms. The highest BCUT2D eigenvalue weighted by molar-refractivity contribution is 9.10. The number of thioether (sulfide) groups is 1. The van der Waals surface area contributed by atoms with Crippen LogP contribution in [0.2, 0.25) is 0 Å². The number of unbranched alkanes of at least 4 members (excludes halogenated alkanes) is 5. The molecule has 3 aromatic heterocycles. The second-order valence-electron chi connectivity index (χ2n) is 8.83. The van der Waals surface area contributed by atoms with E-state index >= 15 is 0 Å². The maximum Gasteiger partial charge on any atom is 0.259 e. The van der Waals surface area contributed by atoms with E-state index in [1.54, 1.807) is 23.1 Å². The first kappa shape index (κ1) is 26.9. The summed E-state index contributed by atoms with van der Waals surface area (Å²) < 4.78 is 9.15. The van der Waals surface area contributed by atoms with E-state index in [1.807, 2.05) is 38.1 Å². The number of hydrogen-bond donors (Lipinski definition) is 1. The number of aromatic nitrogens is 5. The van der Waals surface area contributed by atoms with Gasteiger partial charge in [-0.05, 0) is 50.1 Å². The van der Waals surface area contributed by atoms with Gasteiger partial charge < -0.3 is 14.3 Å². The molecule has 4 rings (SSSR count). The summed E-state index contributed by atoms with van der Waals surface area (Å²) in [6.07, 6.45) is 7.31. The van der Waals surface area contributed by atoms with Crippen LogP contribution in [-0.2, 0) is 18.9 Å². The van der Waals surface area contributed by atoms with Crippen molar-refractivity contribution in [3.63, 3.8) is 0 Å². The molecule has 0 saturated heterocycles. The van der Waals surface area contributed by atoms with E-state index in [2.05, 4.69) is 42.6 Å². The lowest BCUT2D eigenvalue weighted by atomic mass is 10.1. The van der Waals surface area contributed by atoms with Gasteiger partial charge in [0.25, 0.3) is 5.56 Å². The number of thiophene rings is 1. The summed E-state index contributed by atoms with van der Waals surface area (Å²) in [6.45, 7) is 7.42. The number of benzene rings is 1. The number of fused-ring (bicyclic) bond motifs is 1. The molecule has 192 valence electrons. The lowest BCUT2D eigenvalue weighted by molar-refractivity contribution is 0.286. The van der Waals surface area contributed by atoms with Crippen molar-refractivity contribution in [1.82, 2.24) is 24.7 Å². The van der Waals surface area contributed by atoms with Crippen LogP contribution in [0, 0.1) is 13.8 Å². The van der Waals surface area contributed by atoms with Crippen molar-refractivity contribution < 1.29 is 4.74 Å². The third kappa shape index (κ3) is 6.77. The maximum absolute atomic E-state index is 12.7. The van der Waals surface area contributed by atoms with Gasteiger partial charge in [-0.15, -0.1) is 21.5 Å². The van der Waals surface area contributed by atoms with E-state index in [4.69, 9.17) is 9.72 Å². The molecule has 0 aliphatic rings. The van der Waals surface area contributed by atoms with Gasteiger partial charge in [0.2, 0.25) is 0 Å². The molecule has 1 N–H and O–H groups in total. The standard InChI is InChI=1S/C26H32BrN5O2S2/c1-4-5-6-7-8-9-14-32-22(15-34-20-12-10-19(27)11-13-20)30-31-26(32)35-16-21-28-24(33)23-17(2)18(3)36-25(23)29-21/h10-13H,4-9,14-16H2,1-3H3,(H,28,29,33). The summed E-state index contributed by atoms with van der Waals surface area (Å²) >= 11 is 6.57. The van der Waals surface area contributed by atoms with Crippen LogP contribution in [0.3, 0.4) is 0 Å². The molecular formula is C26H32BrN5O2S2. The maximum atomic E-state index is 12.7. The topological polar surface area (TPSA) is 85.7 Å². The molecular weight excluding hydrogens is 558 g/mol. The van der Waals surface area contributed by atoms with Crippen LogP contribution in [-0.4, -0.2) is 24.7 Å². The zero-order valence-electron chi connectivity index (χ0n) is 21.0. The molecule has 0 fully saturated rings. The molecule has 1 aromatic carbocycles. The Morgan fingerprint density at radius 1 is 1.08 bits per heavy atom. The van der Waals surface area contributed by atoms with Crippen molar-refractivity contribution in [2.75, 3.05) is 0 Å². The second kappa shape index (κ2) is 12.9. The van der Waals surface area contributed by atoms with E-state index in [0.29, 0.717) is 23.6 Å². The van der Waals surface area contributed by atoms with E-state index in [-0.39, 0.29) is 5.56 Å². The van der Waals surface area contributed by atoms with Crippen LogP contribution >= 0.6 is 39.0 Å². The molecule has 0 amide bonds. The Hall–Kier alpha value is -2.17. The van der Waals surface area contributed by atoms with Crippen molar-refractivity contribution in [3.8, 4) is 5.75 Å². The van der Waals surface area contributed by atoms with Gasteiger partial charge in [-0.3, -0.25) is 4.79 Å². The first-order valence-electron chi connectivity index (χ1n) is 12.4. The average molecular weight is 591 g/mol. The minimum absolute atomic E-state index is 0.0745. The van der Waals surface area contributed by atoms with Gasteiger partial charge >= 0.3 is 0 Å². The van der Waals surface area contributed by atoms with Gasteiger partial charge in [0.05, 0.1) is 11.1 Å². The number of aryl methyl sites for hydroxylation is 2. The number of hydrogen-bond acceptors (Lipinski definition) is 7. The van der Waals surface area contributed by atoms with Gasteiger partial charge in [-0.2, -0.15) is 0 Å². The fourth-order valence-corrected chi connectivity index (χ4v) is 6.15. The normalized spacial score (nSPS) is 11.4. The highest BCUT2D eigenvalue weighted by Crippen LogP contribution is 2.27. The predicted octanol–water partition coefficient (Wildman–Crippen LogP) is 7.19. The van der Waals surface area contributed by atoms with E-state index in [0.717, 1.165) is 49.4 Å². The van der Waals surface area contributed by atoms with E-state index in [9.17, 15) is 4.79 Å². The van der Waals surface area contributed by atoms with Crippen molar-refractivity contribution in [1.29, 1.82) is 0 Å². The lowest BCUT2D eigenvalue weighted by Gasteiger charge is -2.11.